The van der Waals surface area contributed by atoms with E-state index in [4.69, 9.17) is 39.0 Å². The lowest BCUT2D eigenvalue weighted by Crippen LogP contribution is -2.14. The molecule has 0 spiro atoms. The first-order valence-corrected chi connectivity index (χ1v) is 6.28. The van der Waals surface area contributed by atoms with E-state index in [-0.39, 0.29) is 6.61 Å². The molecule has 0 aromatic heterocycles. The predicted molar refractivity (Wildman–Crippen MR) is 64.4 cm³/mol. The van der Waals surface area contributed by atoms with Crippen LogP contribution in [-0.2, 0) is 21.9 Å². The summed E-state index contributed by atoms with van der Waals surface area (Å²) in [5.41, 5.74) is 2.02. The first-order chi connectivity index (χ1) is 6.89. The van der Waals surface area contributed by atoms with Crippen molar-refractivity contribution in [1.82, 2.24) is 0 Å². The van der Waals surface area contributed by atoms with Gasteiger partial charge in [-0.1, -0.05) is 64.6 Å². The smallest absolute Gasteiger partial charge is 0.282 e. The van der Waals surface area contributed by atoms with Crippen LogP contribution < -0.4 is 0 Å². The van der Waals surface area contributed by atoms with Gasteiger partial charge < -0.3 is 0 Å². The molecule has 0 bridgehead atoms. The van der Waals surface area contributed by atoms with Gasteiger partial charge in [0, 0.05) is 0 Å². The zero-order chi connectivity index (χ0) is 11.5. The summed E-state index contributed by atoms with van der Waals surface area (Å²) in [6.07, 6.45) is 0. The standard InChI is InChI=1S/C9H9Cl3O2S/c1-7-2-4-8(5-3-7)6-14-15(13)9(10,11)12/h2-5H,6H2,1H3. The minimum Gasteiger partial charge on any atom is -0.282 e. The fourth-order valence-electron chi connectivity index (χ4n) is 0.873. The summed E-state index contributed by atoms with van der Waals surface area (Å²) in [7, 11) is 0. The average molecular weight is 288 g/mol. The summed E-state index contributed by atoms with van der Waals surface area (Å²) in [6.45, 7) is 2.13. The molecular formula is C9H9Cl3O2S. The van der Waals surface area contributed by atoms with E-state index in [9.17, 15) is 4.21 Å². The van der Waals surface area contributed by atoms with E-state index in [1.807, 2.05) is 31.2 Å². The first-order valence-electron chi connectivity index (χ1n) is 4.07. The Morgan fingerprint density at radius 1 is 1.27 bits per heavy atom. The first kappa shape index (κ1) is 13.3. The van der Waals surface area contributed by atoms with Crippen molar-refractivity contribution in [2.45, 2.75) is 16.7 Å². The molecule has 0 aliphatic carbocycles. The van der Waals surface area contributed by atoms with Gasteiger partial charge in [-0.2, -0.15) is 0 Å². The summed E-state index contributed by atoms with van der Waals surface area (Å²) >= 11 is 14.2. The fraction of sp³-hybridized carbons (Fsp3) is 0.333. The normalized spacial score (nSPS) is 13.9. The molecule has 1 rings (SSSR count). The van der Waals surface area contributed by atoms with Gasteiger partial charge in [0.1, 0.15) is 0 Å². The Morgan fingerprint density at radius 2 is 1.80 bits per heavy atom. The molecule has 0 N–H and O–H groups in total. The van der Waals surface area contributed by atoms with Crippen molar-refractivity contribution in [3.05, 3.63) is 35.4 Å². The largest absolute Gasteiger partial charge is 0.292 e. The molecule has 1 aromatic carbocycles. The van der Waals surface area contributed by atoms with Crippen molar-refractivity contribution in [2.24, 2.45) is 0 Å². The Kier molecular flexibility index (Phi) is 4.87. The molecule has 6 heteroatoms. The summed E-state index contributed by atoms with van der Waals surface area (Å²) in [6, 6.07) is 7.59. The highest BCUT2D eigenvalue weighted by atomic mass is 35.6. The van der Waals surface area contributed by atoms with E-state index >= 15 is 0 Å². The van der Waals surface area contributed by atoms with Gasteiger partial charge in [-0.3, -0.25) is 4.18 Å². The number of halogens is 3. The molecule has 1 unspecified atom stereocenters. The molecule has 0 aliphatic heterocycles. The number of hydrogen-bond acceptors (Lipinski definition) is 2. The molecular weight excluding hydrogens is 279 g/mol. The Labute approximate surface area is 106 Å². The van der Waals surface area contributed by atoms with Crippen molar-refractivity contribution in [2.75, 3.05) is 0 Å². The molecule has 0 saturated carbocycles. The lowest BCUT2D eigenvalue weighted by atomic mass is 10.2. The van der Waals surface area contributed by atoms with E-state index in [0.717, 1.165) is 11.1 Å². The van der Waals surface area contributed by atoms with Crippen LogP contribution in [0.5, 0.6) is 0 Å². The molecule has 1 aromatic rings. The molecule has 0 radical (unpaired) electrons. The van der Waals surface area contributed by atoms with Crippen molar-refractivity contribution in [3.63, 3.8) is 0 Å². The third kappa shape index (κ3) is 4.70. The van der Waals surface area contributed by atoms with Crippen molar-refractivity contribution in [3.8, 4) is 0 Å². The number of hydrogen-bond donors (Lipinski definition) is 0. The van der Waals surface area contributed by atoms with E-state index < -0.39 is 14.2 Å². The van der Waals surface area contributed by atoms with Crippen LogP contribution >= 0.6 is 34.8 Å². The molecule has 1 atom stereocenters. The van der Waals surface area contributed by atoms with Gasteiger partial charge in [0.25, 0.3) is 3.12 Å². The van der Waals surface area contributed by atoms with Crippen LogP contribution in [0.1, 0.15) is 11.1 Å². The third-order valence-electron chi connectivity index (χ3n) is 1.64. The number of alkyl halides is 3. The van der Waals surface area contributed by atoms with Crippen LogP contribution in [0, 0.1) is 6.92 Å². The lowest BCUT2D eigenvalue weighted by molar-refractivity contribution is 0.337. The number of rotatable bonds is 3. The second-order valence-corrected chi connectivity index (χ2v) is 7.20. The molecule has 84 valence electrons. The van der Waals surface area contributed by atoms with Crippen molar-refractivity contribution >= 4 is 45.9 Å². The Bertz CT molecular complexity index is 345. The zero-order valence-corrected chi connectivity index (χ0v) is 11.0. The Hall–Kier alpha value is 0.200. The summed E-state index contributed by atoms with van der Waals surface area (Å²) in [4.78, 5) is 0. The highest BCUT2D eigenvalue weighted by molar-refractivity contribution is 7.86. The number of aryl methyl sites for hydroxylation is 1. The average Bonchev–Trinajstić information content (AvgIpc) is 2.15. The molecule has 0 heterocycles. The van der Waals surface area contributed by atoms with Crippen LogP contribution in [0.25, 0.3) is 0 Å². The van der Waals surface area contributed by atoms with E-state index in [0.29, 0.717) is 0 Å². The SMILES string of the molecule is Cc1ccc(COS(=O)C(Cl)(Cl)Cl)cc1. The monoisotopic (exact) mass is 286 g/mol. The van der Waals surface area contributed by atoms with Crippen LogP contribution in [-0.4, -0.2) is 7.33 Å². The van der Waals surface area contributed by atoms with Crippen molar-refractivity contribution < 1.29 is 8.39 Å². The topological polar surface area (TPSA) is 26.3 Å². The quantitative estimate of drug-likeness (QED) is 0.795. The van der Waals surface area contributed by atoms with Gasteiger partial charge >= 0.3 is 0 Å². The van der Waals surface area contributed by atoms with Crippen molar-refractivity contribution in [1.29, 1.82) is 0 Å². The Morgan fingerprint density at radius 3 is 2.27 bits per heavy atom. The summed E-state index contributed by atoms with van der Waals surface area (Å²) in [5.74, 6) is 0. The molecule has 2 nitrogen and oxygen atoms in total. The molecule has 0 fully saturated rings. The van der Waals surface area contributed by atoms with Crippen LogP contribution in [0.3, 0.4) is 0 Å². The highest BCUT2D eigenvalue weighted by Crippen LogP contribution is 2.31. The van der Waals surface area contributed by atoms with Gasteiger partial charge in [-0.15, -0.1) is 0 Å². The summed E-state index contributed by atoms with van der Waals surface area (Å²) < 4.78 is 14.2. The van der Waals surface area contributed by atoms with Gasteiger partial charge in [0.15, 0.2) is 0 Å². The van der Waals surface area contributed by atoms with Gasteiger partial charge in [0.05, 0.1) is 6.61 Å². The minimum atomic E-state index is -1.95. The minimum absolute atomic E-state index is 0.154. The second kappa shape index (κ2) is 5.51. The second-order valence-electron chi connectivity index (χ2n) is 2.93. The van der Waals surface area contributed by atoms with Crippen LogP contribution in [0.15, 0.2) is 24.3 Å². The van der Waals surface area contributed by atoms with E-state index in [1.54, 1.807) is 0 Å². The van der Waals surface area contributed by atoms with Crippen LogP contribution in [0.4, 0.5) is 0 Å². The molecule has 0 aliphatic rings. The predicted octanol–water partition coefficient (Wildman–Crippen LogP) is 3.50. The van der Waals surface area contributed by atoms with E-state index in [1.165, 1.54) is 0 Å². The zero-order valence-electron chi connectivity index (χ0n) is 7.88. The number of benzene rings is 1. The molecule has 0 saturated heterocycles. The lowest BCUT2D eigenvalue weighted by Gasteiger charge is -2.10. The third-order valence-corrected chi connectivity index (χ3v) is 3.49. The van der Waals surface area contributed by atoms with E-state index in [2.05, 4.69) is 0 Å². The van der Waals surface area contributed by atoms with Gasteiger partial charge in [0.2, 0.25) is 11.1 Å². The maximum absolute atomic E-state index is 11.2. The Balaban J connectivity index is 2.51. The van der Waals surface area contributed by atoms with Crippen LogP contribution in [0.2, 0.25) is 0 Å². The fourth-order valence-corrected chi connectivity index (χ4v) is 1.65. The molecule has 15 heavy (non-hydrogen) atoms. The molecule has 0 amide bonds. The van der Waals surface area contributed by atoms with Gasteiger partial charge in [-0.25, -0.2) is 4.21 Å². The summed E-state index contributed by atoms with van der Waals surface area (Å²) in [5, 5.41) is 0. The maximum Gasteiger partial charge on any atom is 0.292 e. The van der Waals surface area contributed by atoms with Gasteiger partial charge in [-0.05, 0) is 12.5 Å². The maximum atomic E-state index is 11.2. The highest BCUT2D eigenvalue weighted by Gasteiger charge is 2.30.